The number of aliphatic imine (C=N–C) groups is 1. The Morgan fingerprint density at radius 2 is 1.72 bits per heavy atom. The molecule has 2 rings (SSSR count). The van der Waals surface area contributed by atoms with Crippen molar-refractivity contribution in [1.29, 1.82) is 0 Å². The highest BCUT2D eigenvalue weighted by Crippen LogP contribution is 2.26. The Balaban J connectivity index is 2.35. The van der Waals surface area contributed by atoms with Crippen LogP contribution in [-0.4, -0.2) is 28.8 Å². The standard InChI is InChI=1S/C15H21NO2/c1-9-6-10(2)8-12(7-9)14-16-13(11(3)18-14)15(4,5)17/h6-8,11,13,17H,1-5H3. The molecular weight excluding hydrogens is 226 g/mol. The highest BCUT2D eigenvalue weighted by molar-refractivity contribution is 5.95. The van der Waals surface area contributed by atoms with Crippen LogP contribution in [0.3, 0.4) is 0 Å². The third-order valence-corrected chi connectivity index (χ3v) is 3.19. The van der Waals surface area contributed by atoms with Crippen LogP contribution in [0, 0.1) is 13.8 Å². The molecule has 3 nitrogen and oxygen atoms in total. The Bertz CT molecular complexity index is 466. The lowest BCUT2D eigenvalue weighted by molar-refractivity contribution is 0.0215. The van der Waals surface area contributed by atoms with E-state index >= 15 is 0 Å². The van der Waals surface area contributed by atoms with Crippen molar-refractivity contribution in [1.82, 2.24) is 0 Å². The Labute approximate surface area is 109 Å². The minimum absolute atomic E-state index is 0.0965. The number of benzene rings is 1. The van der Waals surface area contributed by atoms with E-state index in [0.717, 1.165) is 5.56 Å². The molecule has 1 N–H and O–H groups in total. The van der Waals surface area contributed by atoms with Crippen LogP contribution in [0.1, 0.15) is 37.5 Å². The monoisotopic (exact) mass is 247 g/mol. The summed E-state index contributed by atoms with van der Waals surface area (Å²) in [7, 11) is 0. The maximum atomic E-state index is 10.1. The van der Waals surface area contributed by atoms with Gasteiger partial charge in [0.05, 0.1) is 5.60 Å². The van der Waals surface area contributed by atoms with Gasteiger partial charge in [-0.25, -0.2) is 4.99 Å². The number of aryl methyl sites for hydroxylation is 2. The van der Waals surface area contributed by atoms with Gasteiger partial charge in [-0.3, -0.25) is 0 Å². The topological polar surface area (TPSA) is 41.8 Å². The van der Waals surface area contributed by atoms with Crippen LogP contribution >= 0.6 is 0 Å². The third kappa shape index (κ3) is 2.56. The molecule has 0 saturated heterocycles. The van der Waals surface area contributed by atoms with Gasteiger partial charge in [-0.05, 0) is 46.8 Å². The van der Waals surface area contributed by atoms with Crippen molar-refractivity contribution in [2.75, 3.05) is 0 Å². The molecule has 1 aromatic carbocycles. The Kier molecular flexibility index (Phi) is 3.20. The van der Waals surface area contributed by atoms with Crippen LogP contribution in [0.4, 0.5) is 0 Å². The summed E-state index contributed by atoms with van der Waals surface area (Å²) >= 11 is 0. The van der Waals surface area contributed by atoms with Crippen LogP contribution in [0.15, 0.2) is 23.2 Å². The van der Waals surface area contributed by atoms with Crippen molar-refractivity contribution >= 4 is 5.90 Å². The van der Waals surface area contributed by atoms with Gasteiger partial charge >= 0.3 is 0 Å². The van der Waals surface area contributed by atoms with Gasteiger partial charge in [0, 0.05) is 5.56 Å². The number of hydrogen-bond acceptors (Lipinski definition) is 3. The second-order valence-electron chi connectivity index (χ2n) is 5.73. The van der Waals surface area contributed by atoms with E-state index in [9.17, 15) is 5.11 Å². The van der Waals surface area contributed by atoms with E-state index in [-0.39, 0.29) is 12.1 Å². The summed E-state index contributed by atoms with van der Waals surface area (Å²) in [5.41, 5.74) is 2.51. The normalized spacial score (nSPS) is 23.8. The predicted molar refractivity (Wildman–Crippen MR) is 73.1 cm³/mol. The van der Waals surface area contributed by atoms with Gasteiger partial charge in [0.1, 0.15) is 12.1 Å². The van der Waals surface area contributed by atoms with Gasteiger partial charge in [-0.2, -0.15) is 0 Å². The molecule has 0 fully saturated rings. The molecule has 0 aliphatic carbocycles. The van der Waals surface area contributed by atoms with E-state index in [1.54, 1.807) is 13.8 Å². The van der Waals surface area contributed by atoms with Crippen LogP contribution < -0.4 is 0 Å². The molecule has 0 amide bonds. The lowest BCUT2D eigenvalue weighted by Gasteiger charge is -2.25. The highest BCUT2D eigenvalue weighted by Gasteiger charge is 2.38. The lowest BCUT2D eigenvalue weighted by Crippen LogP contribution is -2.40. The summed E-state index contributed by atoms with van der Waals surface area (Å²) in [5, 5.41) is 10.1. The largest absolute Gasteiger partial charge is 0.472 e. The number of hydrogen-bond donors (Lipinski definition) is 1. The van der Waals surface area contributed by atoms with Crippen LogP contribution in [0.25, 0.3) is 0 Å². The summed E-state index contributed by atoms with van der Waals surface area (Å²) in [6, 6.07) is 6.03. The molecule has 0 saturated carbocycles. The Morgan fingerprint density at radius 1 is 1.17 bits per heavy atom. The summed E-state index contributed by atoms with van der Waals surface area (Å²) in [6.45, 7) is 9.60. The van der Waals surface area contributed by atoms with Gasteiger partial charge in [-0.1, -0.05) is 17.2 Å². The van der Waals surface area contributed by atoms with Crippen molar-refractivity contribution < 1.29 is 9.84 Å². The van der Waals surface area contributed by atoms with Crippen molar-refractivity contribution in [2.45, 2.75) is 52.4 Å². The summed E-state index contributed by atoms with van der Waals surface area (Å²) in [6.07, 6.45) is -0.0965. The van der Waals surface area contributed by atoms with E-state index < -0.39 is 5.60 Å². The molecule has 0 spiro atoms. The molecule has 0 aromatic heterocycles. The quantitative estimate of drug-likeness (QED) is 0.872. The number of nitrogens with zero attached hydrogens (tertiary/aromatic N) is 1. The molecule has 2 unspecified atom stereocenters. The summed E-state index contributed by atoms with van der Waals surface area (Å²) < 4.78 is 5.79. The summed E-state index contributed by atoms with van der Waals surface area (Å²) in [4.78, 5) is 4.54. The van der Waals surface area contributed by atoms with Gasteiger partial charge in [0.2, 0.25) is 5.90 Å². The fraction of sp³-hybridized carbons (Fsp3) is 0.533. The zero-order chi connectivity index (χ0) is 13.5. The van der Waals surface area contributed by atoms with E-state index in [0.29, 0.717) is 5.90 Å². The van der Waals surface area contributed by atoms with Gasteiger partial charge < -0.3 is 9.84 Å². The molecule has 2 atom stereocenters. The maximum absolute atomic E-state index is 10.1. The first-order valence-corrected chi connectivity index (χ1v) is 6.33. The van der Waals surface area contributed by atoms with Crippen LogP contribution in [0.2, 0.25) is 0 Å². The van der Waals surface area contributed by atoms with E-state index in [1.807, 2.05) is 6.92 Å². The molecule has 0 bridgehead atoms. The molecule has 1 aliphatic rings. The zero-order valence-electron chi connectivity index (χ0n) is 11.7. The van der Waals surface area contributed by atoms with E-state index in [2.05, 4.69) is 37.0 Å². The predicted octanol–water partition coefficient (Wildman–Crippen LogP) is 2.61. The van der Waals surface area contributed by atoms with Crippen molar-refractivity contribution in [3.63, 3.8) is 0 Å². The van der Waals surface area contributed by atoms with E-state index in [4.69, 9.17) is 4.74 Å². The summed E-state index contributed by atoms with van der Waals surface area (Å²) in [5.74, 6) is 0.640. The highest BCUT2D eigenvalue weighted by atomic mass is 16.5. The first-order chi connectivity index (χ1) is 8.27. The average molecular weight is 247 g/mol. The van der Waals surface area contributed by atoms with Gasteiger partial charge in [-0.15, -0.1) is 0 Å². The molecule has 1 heterocycles. The number of aliphatic hydroxyl groups is 1. The van der Waals surface area contributed by atoms with Gasteiger partial charge in [0.25, 0.3) is 0 Å². The fourth-order valence-corrected chi connectivity index (χ4v) is 2.48. The van der Waals surface area contributed by atoms with Crippen LogP contribution in [-0.2, 0) is 4.74 Å². The molecule has 98 valence electrons. The molecule has 18 heavy (non-hydrogen) atoms. The first-order valence-electron chi connectivity index (χ1n) is 6.33. The average Bonchev–Trinajstić information content (AvgIpc) is 2.58. The Hall–Kier alpha value is -1.35. The number of rotatable bonds is 2. The minimum atomic E-state index is -0.861. The third-order valence-electron chi connectivity index (χ3n) is 3.19. The molecule has 1 aromatic rings. The molecular formula is C15H21NO2. The first kappa shape index (κ1) is 13.1. The van der Waals surface area contributed by atoms with E-state index in [1.165, 1.54) is 11.1 Å². The molecule has 0 radical (unpaired) electrons. The Morgan fingerprint density at radius 3 is 2.17 bits per heavy atom. The number of ether oxygens (including phenoxy) is 1. The van der Waals surface area contributed by atoms with Crippen molar-refractivity contribution in [3.8, 4) is 0 Å². The second kappa shape index (κ2) is 4.39. The maximum Gasteiger partial charge on any atom is 0.216 e. The SMILES string of the molecule is Cc1cc(C)cc(C2=NC(C(C)(C)O)C(C)O2)c1. The molecule has 3 heteroatoms. The lowest BCUT2D eigenvalue weighted by atomic mass is 9.96. The van der Waals surface area contributed by atoms with Crippen molar-refractivity contribution in [3.05, 3.63) is 34.9 Å². The minimum Gasteiger partial charge on any atom is -0.472 e. The fourth-order valence-electron chi connectivity index (χ4n) is 2.48. The van der Waals surface area contributed by atoms with Crippen LogP contribution in [0.5, 0.6) is 0 Å². The smallest absolute Gasteiger partial charge is 0.216 e. The van der Waals surface area contributed by atoms with Crippen molar-refractivity contribution in [2.24, 2.45) is 4.99 Å². The second-order valence-corrected chi connectivity index (χ2v) is 5.73. The molecule has 1 aliphatic heterocycles. The van der Waals surface area contributed by atoms with Gasteiger partial charge in [0.15, 0.2) is 0 Å². The zero-order valence-corrected chi connectivity index (χ0v) is 11.7.